The Balaban J connectivity index is 4.75. The van der Waals surface area contributed by atoms with E-state index in [-0.39, 0.29) is 18.0 Å². The molecule has 0 bridgehead atoms. The molecule has 0 radical (unpaired) electrons. The molecule has 0 amide bonds. The van der Waals surface area contributed by atoms with Crippen LogP contribution in [0.3, 0.4) is 0 Å². The van der Waals surface area contributed by atoms with Gasteiger partial charge in [0.2, 0.25) is 0 Å². The van der Waals surface area contributed by atoms with Gasteiger partial charge in [-0.05, 0) is 45.0 Å². The van der Waals surface area contributed by atoms with E-state index in [2.05, 4.69) is 18.7 Å². The van der Waals surface area contributed by atoms with Crippen LogP contribution in [0.15, 0.2) is 23.9 Å². The van der Waals surface area contributed by atoms with Gasteiger partial charge in [0, 0.05) is 13.1 Å². The van der Waals surface area contributed by atoms with Crippen LogP contribution in [-0.4, -0.2) is 36.3 Å². The molecular weight excluding hydrogens is 242 g/mol. The first-order valence-corrected chi connectivity index (χ1v) is 6.87. The topological polar surface area (TPSA) is 46.6 Å². The molecule has 4 nitrogen and oxygen atoms in total. The SMILES string of the molecule is CCCN(/C=C/C=C(\C(C)=O)C(=O)OCC)CCC. The van der Waals surface area contributed by atoms with Crippen molar-refractivity contribution >= 4 is 11.8 Å². The Morgan fingerprint density at radius 3 is 2.11 bits per heavy atom. The molecular formula is C15H25NO3. The second-order valence-corrected chi connectivity index (χ2v) is 4.23. The van der Waals surface area contributed by atoms with Gasteiger partial charge in [-0.3, -0.25) is 4.79 Å². The first-order valence-electron chi connectivity index (χ1n) is 6.87. The minimum absolute atomic E-state index is 0.0889. The number of nitrogens with zero attached hydrogens (tertiary/aromatic N) is 1. The Morgan fingerprint density at radius 1 is 1.11 bits per heavy atom. The average molecular weight is 267 g/mol. The van der Waals surface area contributed by atoms with E-state index >= 15 is 0 Å². The van der Waals surface area contributed by atoms with Crippen LogP contribution in [0.1, 0.15) is 40.5 Å². The minimum atomic E-state index is -0.558. The number of rotatable bonds is 9. The van der Waals surface area contributed by atoms with Gasteiger partial charge in [-0.2, -0.15) is 0 Å². The first-order chi connectivity index (χ1) is 9.06. The van der Waals surface area contributed by atoms with Gasteiger partial charge < -0.3 is 9.64 Å². The first kappa shape index (κ1) is 17.4. The summed E-state index contributed by atoms with van der Waals surface area (Å²) < 4.78 is 4.84. The zero-order valence-corrected chi connectivity index (χ0v) is 12.4. The van der Waals surface area contributed by atoms with Gasteiger partial charge in [0.05, 0.1) is 6.61 Å². The fraction of sp³-hybridized carbons (Fsp3) is 0.600. The van der Waals surface area contributed by atoms with Gasteiger partial charge in [0.25, 0.3) is 0 Å². The molecule has 0 aliphatic carbocycles. The summed E-state index contributed by atoms with van der Waals surface area (Å²) in [4.78, 5) is 25.1. The highest BCUT2D eigenvalue weighted by Crippen LogP contribution is 2.02. The number of carbonyl (C=O) groups excluding carboxylic acids is 2. The number of ketones is 1. The van der Waals surface area contributed by atoms with E-state index < -0.39 is 5.97 Å². The van der Waals surface area contributed by atoms with E-state index in [1.165, 1.54) is 13.0 Å². The van der Waals surface area contributed by atoms with Crippen LogP contribution >= 0.6 is 0 Å². The highest BCUT2D eigenvalue weighted by Gasteiger charge is 2.14. The average Bonchev–Trinajstić information content (AvgIpc) is 2.34. The lowest BCUT2D eigenvalue weighted by Gasteiger charge is -2.17. The molecule has 0 rings (SSSR count). The van der Waals surface area contributed by atoms with Gasteiger partial charge in [-0.1, -0.05) is 13.8 Å². The normalized spacial score (nSPS) is 11.7. The molecule has 0 aromatic carbocycles. The highest BCUT2D eigenvalue weighted by molar-refractivity contribution is 6.16. The van der Waals surface area contributed by atoms with Gasteiger partial charge in [0.15, 0.2) is 5.78 Å². The Bertz CT molecular complexity index is 339. The maximum atomic E-state index is 11.6. The van der Waals surface area contributed by atoms with Crippen molar-refractivity contribution in [1.82, 2.24) is 4.90 Å². The molecule has 0 aromatic heterocycles. The van der Waals surface area contributed by atoms with Crippen molar-refractivity contribution in [2.24, 2.45) is 0 Å². The summed E-state index contributed by atoms with van der Waals surface area (Å²) in [6.07, 6.45) is 7.30. The number of allylic oxidation sites excluding steroid dienone is 2. The van der Waals surface area contributed by atoms with Crippen LogP contribution in [0.5, 0.6) is 0 Å². The summed E-state index contributed by atoms with van der Waals surface area (Å²) in [5, 5.41) is 0. The van der Waals surface area contributed by atoms with Crippen molar-refractivity contribution in [2.45, 2.75) is 40.5 Å². The van der Waals surface area contributed by atoms with E-state index in [4.69, 9.17) is 4.74 Å². The van der Waals surface area contributed by atoms with Crippen LogP contribution in [0, 0.1) is 0 Å². The lowest BCUT2D eigenvalue weighted by atomic mass is 10.2. The van der Waals surface area contributed by atoms with Gasteiger partial charge >= 0.3 is 5.97 Å². The molecule has 19 heavy (non-hydrogen) atoms. The van der Waals surface area contributed by atoms with Crippen molar-refractivity contribution in [3.8, 4) is 0 Å². The monoisotopic (exact) mass is 267 g/mol. The fourth-order valence-electron chi connectivity index (χ4n) is 1.63. The molecule has 0 saturated heterocycles. The molecule has 4 heteroatoms. The van der Waals surface area contributed by atoms with E-state index in [1.54, 1.807) is 13.0 Å². The van der Waals surface area contributed by atoms with Gasteiger partial charge in [0.1, 0.15) is 5.57 Å². The Labute approximate surface area is 116 Å². The molecule has 0 saturated carbocycles. The maximum Gasteiger partial charge on any atom is 0.341 e. The van der Waals surface area contributed by atoms with Crippen molar-refractivity contribution in [1.29, 1.82) is 0 Å². The zero-order chi connectivity index (χ0) is 14.7. The van der Waals surface area contributed by atoms with Crippen molar-refractivity contribution < 1.29 is 14.3 Å². The summed E-state index contributed by atoms with van der Waals surface area (Å²) in [5.74, 6) is -0.835. The summed E-state index contributed by atoms with van der Waals surface area (Å²) in [5.41, 5.74) is 0.0889. The molecule has 0 spiro atoms. The maximum absolute atomic E-state index is 11.6. The summed E-state index contributed by atoms with van der Waals surface area (Å²) in [7, 11) is 0. The quantitative estimate of drug-likeness (QED) is 0.212. The third kappa shape index (κ3) is 7.44. The minimum Gasteiger partial charge on any atom is -0.462 e. The van der Waals surface area contributed by atoms with Crippen LogP contribution in [0.2, 0.25) is 0 Å². The van der Waals surface area contributed by atoms with E-state index in [1.807, 2.05) is 6.20 Å². The smallest absolute Gasteiger partial charge is 0.341 e. The lowest BCUT2D eigenvalue weighted by molar-refractivity contribution is -0.139. The molecule has 0 atom stereocenters. The van der Waals surface area contributed by atoms with Crippen molar-refractivity contribution in [3.63, 3.8) is 0 Å². The molecule has 0 fully saturated rings. The fourth-order valence-corrected chi connectivity index (χ4v) is 1.63. The number of esters is 1. The number of carbonyl (C=O) groups is 2. The number of ether oxygens (including phenoxy) is 1. The standard InChI is InChI=1S/C15H25NO3/c1-5-10-16(11-6-2)12-8-9-14(13(4)17)15(18)19-7-3/h8-9,12H,5-7,10-11H2,1-4H3/b12-8+,14-9+. The molecule has 0 N–H and O–H groups in total. The van der Waals surface area contributed by atoms with Crippen LogP contribution < -0.4 is 0 Å². The van der Waals surface area contributed by atoms with E-state index in [0.717, 1.165) is 25.9 Å². The van der Waals surface area contributed by atoms with Crippen LogP contribution in [0.4, 0.5) is 0 Å². The molecule has 0 aliphatic rings. The number of hydrogen-bond donors (Lipinski definition) is 0. The summed E-state index contributed by atoms with van der Waals surface area (Å²) in [6.45, 7) is 9.52. The summed E-state index contributed by atoms with van der Waals surface area (Å²) >= 11 is 0. The zero-order valence-electron chi connectivity index (χ0n) is 12.4. The third-order valence-electron chi connectivity index (χ3n) is 2.46. The third-order valence-corrected chi connectivity index (χ3v) is 2.46. The van der Waals surface area contributed by atoms with E-state index in [9.17, 15) is 9.59 Å². The molecule has 108 valence electrons. The molecule has 0 aliphatic heterocycles. The van der Waals surface area contributed by atoms with Crippen LogP contribution in [-0.2, 0) is 14.3 Å². The second-order valence-electron chi connectivity index (χ2n) is 4.23. The van der Waals surface area contributed by atoms with Crippen molar-refractivity contribution in [2.75, 3.05) is 19.7 Å². The van der Waals surface area contributed by atoms with Crippen molar-refractivity contribution in [3.05, 3.63) is 23.9 Å². The lowest BCUT2D eigenvalue weighted by Crippen LogP contribution is -2.18. The second kappa shape index (κ2) is 10.4. The molecule has 0 aromatic rings. The molecule has 0 unspecified atom stereocenters. The Morgan fingerprint density at radius 2 is 1.68 bits per heavy atom. The Kier molecular flexibility index (Phi) is 9.49. The number of Topliss-reactive ketones (excluding diaryl/α,β-unsaturated/α-hetero) is 1. The van der Waals surface area contributed by atoms with Gasteiger partial charge in [-0.25, -0.2) is 4.79 Å². The Hall–Kier alpha value is -1.58. The van der Waals surface area contributed by atoms with Crippen LogP contribution in [0.25, 0.3) is 0 Å². The van der Waals surface area contributed by atoms with E-state index in [0.29, 0.717) is 0 Å². The molecule has 0 heterocycles. The predicted molar refractivity (Wildman–Crippen MR) is 76.7 cm³/mol. The number of hydrogen-bond acceptors (Lipinski definition) is 4. The summed E-state index contributed by atoms with van der Waals surface area (Å²) in [6, 6.07) is 0. The largest absolute Gasteiger partial charge is 0.462 e. The highest BCUT2D eigenvalue weighted by atomic mass is 16.5. The van der Waals surface area contributed by atoms with Gasteiger partial charge in [-0.15, -0.1) is 0 Å². The predicted octanol–water partition coefficient (Wildman–Crippen LogP) is 2.70.